The highest BCUT2D eigenvalue weighted by molar-refractivity contribution is 6.01. The Morgan fingerprint density at radius 1 is 1.12 bits per heavy atom. The molecule has 0 aromatic heterocycles. The van der Waals surface area contributed by atoms with Gasteiger partial charge in [0.15, 0.2) is 18.1 Å². The predicted octanol–water partition coefficient (Wildman–Crippen LogP) is 4.58. The number of ether oxygens (including phenoxy) is 2. The molecule has 218 valence electrons. The van der Waals surface area contributed by atoms with Gasteiger partial charge in [0.25, 0.3) is 0 Å². The summed E-state index contributed by atoms with van der Waals surface area (Å²) >= 11 is 0. The Bertz CT molecular complexity index is 1270. The predicted molar refractivity (Wildman–Crippen MR) is 140 cm³/mol. The maximum atomic E-state index is 17.5. The summed E-state index contributed by atoms with van der Waals surface area (Å²) in [4.78, 5) is 39.7. The third-order valence-corrected chi connectivity index (χ3v) is 12.3. The minimum atomic E-state index is -2.33. The number of aliphatic hydroxyl groups is 1. The molecule has 0 bridgehead atoms. The van der Waals surface area contributed by atoms with Crippen molar-refractivity contribution in [1.29, 1.82) is 5.26 Å². The lowest BCUT2D eigenvalue weighted by molar-refractivity contribution is -0.239. The monoisotopic (exact) mass is 559 g/mol. The normalized spacial score (nSPS) is 46.3. The second-order valence-electron chi connectivity index (χ2n) is 14.3. The van der Waals surface area contributed by atoms with E-state index in [1.54, 1.807) is 19.9 Å². The fourth-order valence-electron chi connectivity index (χ4n) is 9.43. The average Bonchev–Trinajstić information content (AvgIpc) is 3.17. The number of nitrogens with zero attached hydrogens (tertiary/aromatic N) is 1. The van der Waals surface area contributed by atoms with Crippen molar-refractivity contribution in [2.75, 3.05) is 6.61 Å². The summed E-state index contributed by atoms with van der Waals surface area (Å²) in [5.74, 6) is -4.80. The Balaban J connectivity index is 1.62. The van der Waals surface area contributed by atoms with E-state index >= 15 is 8.78 Å². The first-order valence-corrected chi connectivity index (χ1v) is 14.1. The lowest BCUT2D eigenvalue weighted by atomic mass is 9.44. The molecule has 0 heterocycles. The number of nitriles is 1. The van der Waals surface area contributed by atoms with Crippen LogP contribution in [0.25, 0.3) is 0 Å². The van der Waals surface area contributed by atoms with Crippen LogP contribution in [-0.4, -0.2) is 53.0 Å². The number of rotatable bonds is 4. The van der Waals surface area contributed by atoms with Gasteiger partial charge in [0, 0.05) is 22.7 Å². The van der Waals surface area contributed by atoms with Crippen LogP contribution >= 0.6 is 0 Å². The van der Waals surface area contributed by atoms with Crippen LogP contribution in [0.15, 0.2) is 23.8 Å². The molecule has 40 heavy (non-hydrogen) atoms. The summed E-state index contributed by atoms with van der Waals surface area (Å²) in [6.45, 7) is 12.1. The van der Waals surface area contributed by atoms with Crippen LogP contribution in [0.1, 0.15) is 67.7 Å². The first-order valence-electron chi connectivity index (χ1n) is 14.1. The number of hydrogen-bond donors (Lipinski definition) is 1. The Labute approximate surface area is 234 Å². The molecule has 5 rings (SSSR count). The van der Waals surface area contributed by atoms with Gasteiger partial charge in [-0.05, 0) is 60.7 Å². The maximum absolute atomic E-state index is 17.5. The van der Waals surface area contributed by atoms with Crippen molar-refractivity contribution in [3.05, 3.63) is 23.8 Å². The summed E-state index contributed by atoms with van der Waals surface area (Å²) in [6.07, 6.45) is 0.0707. The Morgan fingerprint density at radius 2 is 1.75 bits per heavy atom. The standard InChI is InChI=1S/C31H39F2NO6/c1-16-12-18-19-14-21(32)20-13-17(35)8-9-28(20,6)30(19,33)22(36)15-29(18,7)31(16,25(38)39-11-10-34)40-24(37)23-26(2,3)27(23,4)5/h8-9,13,16,18-19,21-23,36H,11-12,14-15H2,1-7H3. The van der Waals surface area contributed by atoms with E-state index in [1.807, 2.05) is 27.7 Å². The zero-order valence-electron chi connectivity index (χ0n) is 24.2. The van der Waals surface area contributed by atoms with Crippen LogP contribution in [0.2, 0.25) is 0 Å². The van der Waals surface area contributed by atoms with E-state index < -0.39 is 93.2 Å². The van der Waals surface area contributed by atoms with E-state index in [1.165, 1.54) is 19.1 Å². The fraction of sp³-hybridized carbons (Fsp3) is 0.742. The minimum absolute atomic E-state index is 0.0109. The number of allylic oxidation sites excluding steroid dienone is 4. The van der Waals surface area contributed by atoms with Gasteiger partial charge in [-0.25, -0.2) is 13.6 Å². The number of carbonyl (C=O) groups excluding carboxylic acids is 3. The smallest absolute Gasteiger partial charge is 0.352 e. The van der Waals surface area contributed by atoms with E-state index in [-0.39, 0.29) is 24.8 Å². The zero-order valence-corrected chi connectivity index (χ0v) is 24.2. The van der Waals surface area contributed by atoms with Gasteiger partial charge in [-0.1, -0.05) is 47.6 Å². The highest BCUT2D eigenvalue weighted by atomic mass is 19.1. The van der Waals surface area contributed by atoms with Crippen LogP contribution in [-0.2, 0) is 23.9 Å². The largest absolute Gasteiger partial charge is 0.447 e. The van der Waals surface area contributed by atoms with Gasteiger partial charge >= 0.3 is 11.9 Å². The van der Waals surface area contributed by atoms with E-state index in [0.717, 1.165) is 6.08 Å². The highest BCUT2D eigenvalue weighted by Gasteiger charge is 2.80. The molecule has 0 aromatic rings. The van der Waals surface area contributed by atoms with Gasteiger partial charge in [0.05, 0.1) is 12.0 Å². The molecule has 4 fully saturated rings. The van der Waals surface area contributed by atoms with Crippen LogP contribution in [0.5, 0.6) is 0 Å². The van der Waals surface area contributed by atoms with Gasteiger partial charge in [-0.2, -0.15) is 5.26 Å². The number of ketones is 1. The minimum Gasteiger partial charge on any atom is -0.447 e. The van der Waals surface area contributed by atoms with Gasteiger partial charge < -0.3 is 14.6 Å². The van der Waals surface area contributed by atoms with Crippen molar-refractivity contribution >= 4 is 17.7 Å². The molecular weight excluding hydrogens is 520 g/mol. The van der Waals surface area contributed by atoms with E-state index in [2.05, 4.69) is 0 Å². The topological polar surface area (TPSA) is 114 Å². The summed E-state index contributed by atoms with van der Waals surface area (Å²) in [7, 11) is 0. The van der Waals surface area contributed by atoms with Crippen molar-refractivity contribution < 1.29 is 37.7 Å². The molecule has 0 aromatic carbocycles. The van der Waals surface area contributed by atoms with Gasteiger partial charge in [-0.3, -0.25) is 9.59 Å². The molecule has 0 spiro atoms. The Kier molecular flexibility index (Phi) is 6.12. The number of halogens is 2. The number of esters is 2. The molecule has 7 nitrogen and oxygen atoms in total. The molecule has 0 saturated heterocycles. The van der Waals surface area contributed by atoms with Crippen molar-refractivity contribution in [1.82, 2.24) is 0 Å². The molecule has 1 N–H and O–H groups in total. The summed E-state index contributed by atoms with van der Waals surface area (Å²) in [5, 5.41) is 20.8. The Morgan fingerprint density at radius 3 is 2.33 bits per heavy atom. The quantitative estimate of drug-likeness (QED) is 0.502. The van der Waals surface area contributed by atoms with Crippen LogP contribution < -0.4 is 0 Å². The first kappa shape index (κ1) is 28.9. The van der Waals surface area contributed by atoms with Crippen LogP contribution in [0.4, 0.5) is 8.78 Å². The van der Waals surface area contributed by atoms with Crippen LogP contribution in [0.3, 0.4) is 0 Å². The molecule has 5 aliphatic rings. The lowest BCUT2D eigenvalue weighted by Gasteiger charge is -2.63. The van der Waals surface area contributed by atoms with Gasteiger partial charge in [0.2, 0.25) is 5.60 Å². The molecule has 9 unspecified atom stereocenters. The molecule has 9 heteroatoms. The van der Waals surface area contributed by atoms with Crippen molar-refractivity contribution in [3.8, 4) is 6.07 Å². The number of hydrogen-bond acceptors (Lipinski definition) is 7. The third kappa shape index (κ3) is 3.20. The summed E-state index contributed by atoms with van der Waals surface area (Å²) < 4.78 is 44.9. The number of aliphatic hydroxyl groups excluding tert-OH is 1. The molecule has 4 saturated carbocycles. The number of carbonyl (C=O) groups is 3. The first-order chi connectivity index (χ1) is 18.4. The van der Waals surface area contributed by atoms with Crippen molar-refractivity contribution in [2.45, 2.75) is 91.3 Å². The molecule has 5 aliphatic carbocycles. The van der Waals surface area contributed by atoms with Gasteiger partial charge in [0.1, 0.15) is 12.2 Å². The third-order valence-electron chi connectivity index (χ3n) is 12.3. The molecule has 0 aliphatic heterocycles. The highest BCUT2D eigenvalue weighted by Crippen LogP contribution is 2.73. The fourth-order valence-corrected chi connectivity index (χ4v) is 9.43. The summed E-state index contributed by atoms with van der Waals surface area (Å²) in [6, 6.07) is 1.77. The molecular formula is C31H39F2NO6. The van der Waals surface area contributed by atoms with E-state index in [4.69, 9.17) is 14.7 Å². The zero-order chi connectivity index (χ0) is 29.8. The molecule has 0 radical (unpaired) electrons. The SMILES string of the molecule is CC1CC2C3CC(F)C4=CC(=O)C=CC4(C)C3(F)C(O)CC2(C)C1(OC(=O)C1C(C)(C)C1(C)C)C(=O)OCC#N. The van der Waals surface area contributed by atoms with Gasteiger partial charge in [-0.15, -0.1) is 0 Å². The van der Waals surface area contributed by atoms with Crippen LogP contribution in [0, 0.1) is 56.7 Å². The molecule has 0 amide bonds. The summed E-state index contributed by atoms with van der Waals surface area (Å²) in [5.41, 5.74) is -7.91. The number of alkyl halides is 2. The lowest BCUT2D eigenvalue weighted by Crippen LogP contribution is -2.71. The van der Waals surface area contributed by atoms with E-state index in [0.29, 0.717) is 0 Å². The Hall–Kier alpha value is -2.60. The molecule has 9 atom stereocenters. The maximum Gasteiger partial charge on any atom is 0.352 e. The van der Waals surface area contributed by atoms with Crippen molar-refractivity contribution in [3.63, 3.8) is 0 Å². The van der Waals surface area contributed by atoms with E-state index in [9.17, 15) is 19.5 Å². The second kappa shape index (κ2) is 8.47. The van der Waals surface area contributed by atoms with Crippen molar-refractivity contribution in [2.24, 2.45) is 45.3 Å². The average molecular weight is 560 g/mol. The second-order valence-corrected chi connectivity index (χ2v) is 14.3. The number of fused-ring (bicyclic) bond motifs is 5.